The van der Waals surface area contributed by atoms with Crippen molar-refractivity contribution in [1.82, 2.24) is 0 Å². The smallest absolute Gasteiger partial charge is 0.236 e. The summed E-state index contributed by atoms with van der Waals surface area (Å²) in [5.41, 5.74) is 0. The second-order valence-corrected chi connectivity index (χ2v) is 16.3. The van der Waals surface area contributed by atoms with E-state index in [-0.39, 0.29) is 17.3 Å². The summed E-state index contributed by atoms with van der Waals surface area (Å²) in [6.45, 7) is 22.4. The van der Waals surface area contributed by atoms with Gasteiger partial charge in [-0.2, -0.15) is 0 Å². The van der Waals surface area contributed by atoms with Crippen LogP contribution in [-0.2, 0) is 23.0 Å². The Bertz CT molecular complexity index is 510. The molecule has 0 aromatic carbocycles. The number of rotatable bonds is 8. The minimum absolute atomic E-state index is 0.0168. The molecule has 7 heteroatoms. The Morgan fingerprint density at radius 1 is 1.36 bits per heavy atom. The van der Waals surface area contributed by atoms with Crippen molar-refractivity contribution in [2.75, 3.05) is 12.8 Å². The molecule has 1 unspecified atom stereocenters. The Labute approximate surface area is 155 Å². The van der Waals surface area contributed by atoms with Gasteiger partial charge in [-0.05, 0) is 45.8 Å². The van der Waals surface area contributed by atoms with Gasteiger partial charge in [0.2, 0.25) is 7.37 Å². The van der Waals surface area contributed by atoms with Crippen molar-refractivity contribution in [1.29, 1.82) is 0 Å². The van der Waals surface area contributed by atoms with Crippen molar-refractivity contribution >= 4 is 15.7 Å². The summed E-state index contributed by atoms with van der Waals surface area (Å²) < 4.78 is 38.1. The fourth-order valence-electron chi connectivity index (χ4n) is 2.49. The molecule has 25 heavy (non-hydrogen) atoms. The quantitative estimate of drug-likeness (QED) is 0.315. The fraction of sp³-hybridized carbons (Fsp3) is 0.889. The first kappa shape index (κ1) is 23.1. The van der Waals surface area contributed by atoms with Gasteiger partial charge in [-0.15, -0.1) is 6.58 Å². The maximum absolute atomic E-state index is 13.8. The SMILES string of the molecule is C=CCP(=O)(OC(C)C)[C@@H](O[Si](C)(C)C(C)(C)C)[C@@H]1COC(C)(C)O1. The van der Waals surface area contributed by atoms with Gasteiger partial charge in [-0.25, -0.2) is 0 Å². The number of ether oxygens (including phenoxy) is 2. The molecule has 1 aliphatic heterocycles. The molecule has 0 radical (unpaired) electrons. The highest BCUT2D eigenvalue weighted by molar-refractivity contribution is 7.59. The van der Waals surface area contributed by atoms with Gasteiger partial charge >= 0.3 is 0 Å². The Hall–Kier alpha value is 0.0269. The van der Waals surface area contributed by atoms with Crippen LogP contribution in [-0.4, -0.2) is 44.9 Å². The standard InChI is InChI=1S/C18H37O5PSi/c1-11-12-24(19,22-14(2)3)16(15-13-20-18(7,8)21-15)23-25(9,10)17(4,5)6/h11,14-16H,1,12-13H2,2-10H3/t15-,16+,24?/m0/s1. The van der Waals surface area contributed by atoms with Crippen LogP contribution in [0.15, 0.2) is 12.7 Å². The predicted octanol–water partition coefficient (Wildman–Crippen LogP) is 5.37. The van der Waals surface area contributed by atoms with Gasteiger partial charge in [-0.3, -0.25) is 4.57 Å². The van der Waals surface area contributed by atoms with Gasteiger partial charge in [0.25, 0.3) is 0 Å². The predicted molar refractivity (Wildman–Crippen MR) is 106 cm³/mol. The number of hydrogen-bond donors (Lipinski definition) is 0. The van der Waals surface area contributed by atoms with Gasteiger partial charge in [0.15, 0.2) is 19.9 Å². The largest absolute Gasteiger partial charge is 0.403 e. The van der Waals surface area contributed by atoms with Gasteiger partial charge < -0.3 is 18.4 Å². The van der Waals surface area contributed by atoms with Crippen LogP contribution in [0, 0.1) is 0 Å². The number of hydrogen-bond acceptors (Lipinski definition) is 5. The maximum atomic E-state index is 13.8. The Balaban J connectivity index is 3.26. The second-order valence-electron chi connectivity index (χ2n) is 8.99. The molecule has 0 aromatic heterocycles. The van der Waals surface area contributed by atoms with Crippen LogP contribution >= 0.6 is 7.37 Å². The zero-order valence-corrected chi connectivity index (χ0v) is 19.3. The van der Waals surface area contributed by atoms with E-state index in [2.05, 4.69) is 40.4 Å². The van der Waals surface area contributed by atoms with Crippen molar-refractivity contribution in [2.24, 2.45) is 0 Å². The molecule has 0 N–H and O–H groups in total. The van der Waals surface area contributed by atoms with E-state index in [1.54, 1.807) is 6.08 Å². The van der Waals surface area contributed by atoms with Crippen LogP contribution < -0.4 is 0 Å². The molecule has 1 saturated heterocycles. The lowest BCUT2D eigenvalue weighted by Crippen LogP contribution is -2.48. The van der Waals surface area contributed by atoms with Crippen molar-refractivity contribution in [2.45, 2.75) is 90.4 Å². The Morgan fingerprint density at radius 2 is 1.92 bits per heavy atom. The molecule has 0 spiro atoms. The first-order valence-corrected chi connectivity index (χ1v) is 13.8. The summed E-state index contributed by atoms with van der Waals surface area (Å²) in [5.74, 6) is -1.37. The molecule has 5 nitrogen and oxygen atoms in total. The lowest BCUT2D eigenvalue weighted by atomic mass is 10.2. The molecule has 1 rings (SSSR count). The third-order valence-electron chi connectivity index (χ3n) is 4.73. The van der Waals surface area contributed by atoms with Gasteiger partial charge in [-0.1, -0.05) is 26.8 Å². The van der Waals surface area contributed by atoms with Crippen LogP contribution in [0.3, 0.4) is 0 Å². The van der Waals surface area contributed by atoms with Gasteiger partial charge in [0.1, 0.15) is 6.10 Å². The molecule has 1 aliphatic rings. The average Bonchev–Trinajstić information content (AvgIpc) is 2.74. The topological polar surface area (TPSA) is 54.0 Å². The molecule has 1 heterocycles. The van der Waals surface area contributed by atoms with Crippen molar-refractivity contribution in [3.8, 4) is 0 Å². The van der Waals surface area contributed by atoms with E-state index in [1.807, 2.05) is 27.7 Å². The van der Waals surface area contributed by atoms with E-state index in [0.29, 0.717) is 6.61 Å². The van der Waals surface area contributed by atoms with E-state index in [1.165, 1.54) is 0 Å². The monoisotopic (exact) mass is 392 g/mol. The summed E-state index contributed by atoms with van der Waals surface area (Å²) >= 11 is 0. The van der Waals surface area contributed by atoms with E-state index in [9.17, 15) is 4.57 Å². The lowest BCUT2D eigenvalue weighted by molar-refractivity contribution is -0.145. The molecule has 0 saturated carbocycles. The molecule has 0 aromatic rings. The summed E-state index contributed by atoms with van der Waals surface area (Å²) in [4.78, 5) is 0. The molecule has 3 atom stereocenters. The average molecular weight is 393 g/mol. The molecule has 1 fully saturated rings. The van der Waals surface area contributed by atoms with Crippen molar-refractivity contribution < 1.29 is 23.0 Å². The van der Waals surface area contributed by atoms with Gasteiger partial charge in [0.05, 0.1) is 12.7 Å². The van der Waals surface area contributed by atoms with E-state index >= 15 is 0 Å². The van der Waals surface area contributed by atoms with Crippen LogP contribution in [0.5, 0.6) is 0 Å². The lowest BCUT2D eigenvalue weighted by Gasteiger charge is -2.42. The fourth-order valence-corrected chi connectivity index (χ4v) is 7.17. The second kappa shape index (κ2) is 7.95. The zero-order valence-electron chi connectivity index (χ0n) is 17.4. The first-order chi connectivity index (χ1) is 11.1. The first-order valence-electron chi connectivity index (χ1n) is 9.01. The molecular weight excluding hydrogens is 355 g/mol. The van der Waals surface area contributed by atoms with E-state index in [4.69, 9.17) is 18.4 Å². The molecular formula is C18H37O5PSi. The third-order valence-corrected chi connectivity index (χ3v) is 12.1. The van der Waals surface area contributed by atoms with E-state index in [0.717, 1.165) is 0 Å². The highest BCUT2D eigenvalue weighted by atomic mass is 31.2. The molecule has 0 amide bonds. The highest BCUT2D eigenvalue weighted by Crippen LogP contribution is 2.58. The van der Waals surface area contributed by atoms with Crippen LogP contribution in [0.1, 0.15) is 48.5 Å². The highest BCUT2D eigenvalue weighted by Gasteiger charge is 2.51. The third kappa shape index (κ3) is 6.01. The molecule has 0 aliphatic carbocycles. The summed E-state index contributed by atoms with van der Waals surface area (Å²) in [6.07, 6.45) is 1.30. The van der Waals surface area contributed by atoms with E-state index < -0.39 is 33.4 Å². The molecule has 0 bridgehead atoms. The molecule has 148 valence electrons. The van der Waals surface area contributed by atoms with Gasteiger partial charge in [0, 0.05) is 6.16 Å². The van der Waals surface area contributed by atoms with Crippen LogP contribution in [0.4, 0.5) is 0 Å². The number of allylic oxidation sites excluding steroid dienone is 1. The van der Waals surface area contributed by atoms with Crippen molar-refractivity contribution in [3.63, 3.8) is 0 Å². The summed E-state index contributed by atoms with van der Waals surface area (Å²) in [5, 5.41) is -0.0168. The van der Waals surface area contributed by atoms with Crippen molar-refractivity contribution in [3.05, 3.63) is 12.7 Å². The Morgan fingerprint density at radius 3 is 2.28 bits per heavy atom. The Kier molecular flexibility index (Phi) is 7.34. The summed E-state index contributed by atoms with van der Waals surface area (Å²) in [6, 6.07) is 0. The zero-order chi connectivity index (χ0) is 19.7. The van der Waals surface area contributed by atoms with Crippen LogP contribution in [0.2, 0.25) is 18.1 Å². The summed E-state index contributed by atoms with van der Waals surface area (Å²) in [7, 11) is -5.36. The maximum Gasteiger partial charge on any atom is 0.236 e. The minimum atomic E-state index is -3.17. The van der Waals surface area contributed by atoms with Crippen LogP contribution in [0.25, 0.3) is 0 Å². The normalized spacial score (nSPS) is 25.0. The minimum Gasteiger partial charge on any atom is -0.403 e.